The van der Waals surface area contributed by atoms with Crippen LogP contribution in [-0.4, -0.2) is 11.7 Å². The lowest BCUT2D eigenvalue weighted by Gasteiger charge is -2.33. The molecule has 102 valence electrons. The summed E-state index contributed by atoms with van der Waals surface area (Å²) >= 11 is 0. The molecule has 1 aromatic carbocycles. The Morgan fingerprint density at radius 2 is 1.22 bits per heavy atom. The Balaban J connectivity index is 3.52. The molecule has 18 heavy (non-hydrogen) atoms. The number of nitrogens with two attached hydrogens (primary N) is 1. The average molecular weight is 249 g/mol. The second-order valence-electron chi connectivity index (χ2n) is 6.16. The summed E-state index contributed by atoms with van der Waals surface area (Å²) < 4.78 is 0. The van der Waals surface area contributed by atoms with E-state index in [0.717, 1.165) is 0 Å². The minimum absolute atomic E-state index is 0.0962. The smallest absolute Gasteiger partial charge is 0.0500 e. The van der Waals surface area contributed by atoms with Gasteiger partial charge >= 0.3 is 0 Å². The second kappa shape index (κ2) is 5.02. The maximum absolute atomic E-state index is 9.52. The molecule has 0 saturated carbocycles. The third-order valence-electron chi connectivity index (χ3n) is 4.62. The zero-order valence-electron chi connectivity index (χ0n) is 12.8. The molecule has 0 radical (unpaired) electrons. The van der Waals surface area contributed by atoms with Crippen molar-refractivity contribution in [2.75, 3.05) is 6.61 Å². The molecule has 0 aliphatic heterocycles. The molecule has 0 spiro atoms. The first kappa shape index (κ1) is 15.2. The Hall–Kier alpha value is -0.860. The monoisotopic (exact) mass is 249 g/mol. The summed E-state index contributed by atoms with van der Waals surface area (Å²) in [7, 11) is 0. The molecule has 0 aliphatic carbocycles. The zero-order valence-corrected chi connectivity index (χ0v) is 12.8. The van der Waals surface area contributed by atoms with Crippen molar-refractivity contribution in [2.45, 2.75) is 54.5 Å². The van der Waals surface area contributed by atoms with Crippen LogP contribution >= 0.6 is 0 Å². The van der Waals surface area contributed by atoms with E-state index in [0.29, 0.717) is 0 Å². The second-order valence-corrected chi connectivity index (χ2v) is 6.16. The van der Waals surface area contributed by atoms with Crippen LogP contribution < -0.4 is 5.73 Å². The molecule has 0 fully saturated rings. The first-order valence-corrected chi connectivity index (χ1v) is 6.58. The van der Waals surface area contributed by atoms with Crippen molar-refractivity contribution >= 4 is 0 Å². The van der Waals surface area contributed by atoms with Gasteiger partial charge in [-0.1, -0.05) is 13.8 Å². The van der Waals surface area contributed by atoms with Gasteiger partial charge in [0.15, 0.2) is 0 Å². The van der Waals surface area contributed by atoms with Gasteiger partial charge in [-0.05, 0) is 68.0 Å². The van der Waals surface area contributed by atoms with Crippen LogP contribution in [0.2, 0.25) is 0 Å². The van der Waals surface area contributed by atoms with Gasteiger partial charge in [-0.15, -0.1) is 0 Å². The van der Waals surface area contributed by atoms with E-state index in [9.17, 15) is 5.11 Å². The topological polar surface area (TPSA) is 46.2 Å². The van der Waals surface area contributed by atoms with E-state index in [1.807, 2.05) is 13.8 Å². The first-order chi connectivity index (χ1) is 8.15. The van der Waals surface area contributed by atoms with Gasteiger partial charge < -0.3 is 10.8 Å². The van der Waals surface area contributed by atoms with Gasteiger partial charge in [0.05, 0.1) is 0 Å². The van der Waals surface area contributed by atoms with E-state index in [-0.39, 0.29) is 18.1 Å². The van der Waals surface area contributed by atoms with Crippen molar-refractivity contribution in [1.29, 1.82) is 0 Å². The highest BCUT2D eigenvalue weighted by Crippen LogP contribution is 2.37. The van der Waals surface area contributed by atoms with Crippen LogP contribution in [-0.2, 0) is 0 Å². The van der Waals surface area contributed by atoms with E-state index >= 15 is 0 Å². The Kier molecular flexibility index (Phi) is 4.24. The maximum Gasteiger partial charge on any atom is 0.0500 e. The number of hydrogen-bond acceptors (Lipinski definition) is 2. The van der Waals surface area contributed by atoms with Gasteiger partial charge in [0.25, 0.3) is 0 Å². The molecule has 2 heteroatoms. The van der Waals surface area contributed by atoms with Crippen LogP contribution in [0, 0.1) is 40.0 Å². The normalized spacial score (nSPS) is 13.8. The molecule has 1 aromatic rings. The number of benzene rings is 1. The predicted molar refractivity (Wildman–Crippen MR) is 77.9 cm³/mol. The molecule has 0 saturated heterocycles. The molecule has 0 amide bonds. The molecular formula is C16H27NO. The number of aliphatic hydroxyl groups is 1. The van der Waals surface area contributed by atoms with Crippen LogP contribution in [0.5, 0.6) is 0 Å². The van der Waals surface area contributed by atoms with Crippen molar-refractivity contribution in [2.24, 2.45) is 11.1 Å². The van der Waals surface area contributed by atoms with Crippen molar-refractivity contribution < 1.29 is 5.11 Å². The molecule has 0 bridgehead atoms. The average Bonchev–Trinajstić information content (AvgIpc) is 2.34. The molecule has 0 aromatic heterocycles. The fourth-order valence-corrected chi connectivity index (χ4v) is 2.48. The fraction of sp³-hybridized carbons (Fsp3) is 0.625. The van der Waals surface area contributed by atoms with Crippen LogP contribution in [0.1, 0.15) is 53.3 Å². The summed E-state index contributed by atoms with van der Waals surface area (Å²) in [5.41, 5.74) is 13.8. The zero-order chi connectivity index (χ0) is 14.2. The van der Waals surface area contributed by atoms with Gasteiger partial charge in [-0.3, -0.25) is 0 Å². The third kappa shape index (κ3) is 2.32. The summed E-state index contributed by atoms with van der Waals surface area (Å²) in [6.07, 6.45) is 0. The van der Waals surface area contributed by atoms with Crippen molar-refractivity contribution in [3.05, 3.63) is 33.4 Å². The number of rotatable bonds is 3. The summed E-state index contributed by atoms with van der Waals surface area (Å²) in [6, 6.07) is -0.138. The summed E-state index contributed by atoms with van der Waals surface area (Å²) in [5.74, 6) is 0. The summed E-state index contributed by atoms with van der Waals surface area (Å²) in [6.45, 7) is 14.9. The standard InChI is InChI=1S/C16H27NO/c1-9-10(2)12(4)14(13(5)11(9)3)15(17)16(6,7)8-18/h15,18H,8,17H2,1-7H3/t15-/m1/s1. The van der Waals surface area contributed by atoms with Crippen LogP contribution in [0.25, 0.3) is 0 Å². The maximum atomic E-state index is 9.52. The van der Waals surface area contributed by atoms with Crippen LogP contribution in [0.4, 0.5) is 0 Å². The lowest BCUT2D eigenvalue weighted by atomic mass is 9.76. The van der Waals surface area contributed by atoms with Crippen molar-refractivity contribution in [1.82, 2.24) is 0 Å². The SMILES string of the molecule is Cc1c(C)c(C)c([C@@H](N)C(C)(C)CO)c(C)c1C. The van der Waals surface area contributed by atoms with Crippen LogP contribution in [0.15, 0.2) is 0 Å². The van der Waals surface area contributed by atoms with E-state index in [1.165, 1.54) is 33.4 Å². The minimum atomic E-state index is -0.302. The largest absolute Gasteiger partial charge is 0.396 e. The molecule has 0 unspecified atom stereocenters. The molecule has 1 atom stereocenters. The van der Waals surface area contributed by atoms with Crippen molar-refractivity contribution in [3.8, 4) is 0 Å². The molecule has 2 nitrogen and oxygen atoms in total. The van der Waals surface area contributed by atoms with E-state index in [4.69, 9.17) is 5.73 Å². The van der Waals surface area contributed by atoms with E-state index in [1.54, 1.807) is 0 Å². The highest BCUT2D eigenvalue weighted by atomic mass is 16.3. The summed E-state index contributed by atoms with van der Waals surface area (Å²) in [4.78, 5) is 0. The number of aliphatic hydroxyl groups excluding tert-OH is 1. The van der Waals surface area contributed by atoms with E-state index in [2.05, 4.69) is 34.6 Å². The Bertz CT molecular complexity index is 432. The Labute approximate surface area is 111 Å². The Morgan fingerprint density at radius 1 is 0.889 bits per heavy atom. The minimum Gasteiger partial charge on any atom is -0.396 e. The molecule has 0 heterocycles. The molecule has 1 rings (SSSR count). The summed E-state index contributed by atoms with van der Waals surface area (Å²) in [5, 5.41) is 9.52. The fourth-order valence-electron chi connectivity index (χ4n) is 2.48. The van der Waals surface area contributed by atoms with Gasteiger partial charge in [0, 0.05) is 18.1 Å². The van der Waals surface area contributed by atoms with E-state index < -0.39 is 0 Å². The molecule has 0 aliphatic rings. The van der Waals surface area contributed by atoms with Gasteiger partial charge in [-0.25, -0.2) is 0 Å². The van der Waals surface area contributed by atoms with Crippen molar-refractivity contribution in [3.63, 3.8) is 0 Å². The van der Waals surface area contributed by atoms with Gasteiger partial charge in [0.2, 0.25) is 0 Å². The number of hydrogen-bond donors (Lipinski definition) is 2. The third-order valence-corrected chi connectivity index (χ3v) is 4.62. The quantitative estimate of drug-likeness (QED) is 0.864. The highest BCUT2D eigenvalue weighted by Gasteiger charge is 2.30. The lowest BCUT2D eigenvalue weighted by molar-refractivity contribution is 0.131. The van der Waals surface area contributed by atoms with Gasteiger partial charge in [0.1, 0.15) is 0 Å². The molecular weight excluding hydrogens is 222 g/mol. The Morgan fingerprint density at radius 3 is 1.56 bits per heavy atom. The predicted octanol–water partition coefficient (Wildman–Crippen LogP) is 3.25. The highest BCUT2D eigenvalue weighted by molar-refractivity contribution is 5.51. The van der Waals surface area contributed by atoms with Gasteiger partial charge in [-0.2, -0.15) is 0 Å². The molecule has 3 N–H and O–H groups in total. The van der Waals surface area contributed by atoms with Crippen LogP contribution in [0.3, 0.4) is 0 Å². The first-order valence-electron chi connectivity index (χ1n) is 6.58. The lowest BCUT2D eigenvalue weighted by Crippen LogP contribution is -2.34.